The number of halogens is 2. The molecule has 0 saturated heterocycles. The third-order valence-electron chi connectivity index (χ3n) is 3.80. The van der Waals surface area contributed by atoms with Crippen molar-refractivity contribution in [1.82, 2.24) is 5.32 Å². The quantitative estimate of drug-likeness (QED) is 0.701. The summed E-state index contributed by atoms with van der Waals surface area (Å²) in [5.41, 5.74) is 4.87. The number of aliphatic hydroxyl groups excluding tert-OH is 1. The van der Waals surface area contributed by atoms with Crippen LogP contribution in [0.3, 0.4) is 0 Å². The third-order valence-corrected chi connectivity index (χ3v) is 3.80. The van der Waals surface area contributed by atoms with E-state index in [0.29, 0.717) is 12.8 Å². The number of amides is 1. The van der Waals surface area contributed by atoms with Gasteiger partial charge in [0.2, 0.25) is 0 Å². The van der Waals surface area contributed by atoms with E-state index in [2.05, 4.69) is 5.32 Å². The molecule has 0 radical (unpaired) electrons. The second kappa shape index (κ2) is 6.65. The molecule has 0 fully saturated rings. The standard InChI is InChI=1S/C14H20F2N2O2/c1-3-14(4-2,8-19)7-18-13(20)9-5-10(15)11(16)6-12(9)17/h5-6,19H,3-4,7-8,17H2,1-2H3,(H,18,20). The van der Waals surface area contributed by atoms with Crippen molar-refractivity contribution in [3.8, 4) is 0 Å². The average Bonchev–Trinajstić information content (AvgIpc) is 2.44. The van der Waals surface area contributed by atoms with Crippen molar-refractivity contribution in [3.05, 3.63) is 29.3 Å². The van der Waals surface area contributed by atoms with E-state index < -0.39 is 23.0 Å². The number of carbonyl (C=O) groups excluding carboxylic acids is 1. The zero-order chi connectivity index (χ0) is 15.3. The first-order valence-electron chi connectivity index (χ1n) is 6.52. The number of anilines is 1. The van der Waals surface area contributed by atoms with Crippen LogP contribution in [0, 0.1) is 17.0 Å². The van der Waals surface area contributed by atoms with E-state index in [-0.39, 0.29) is 24.4 Å². The first-order valence-corrected chi connectivity index (χ1v) is 6.52. The van der Waals surface area contributed by atoms with Gasteiger partial charge in [-0.3, -0.25) is 4.79 Å². The molecule has 0 aliphatic heterocycles. The van der Waals surface area contributed by atoms with Gasteiger partial charge in [0, 0.05) is 23.7 Å². The lowest BCUT2D eigenvalue weighted by atomic mass is 9.83. The second-order valence-corrected chi connectivity index (χ2v) is 4.90. The van der Waals surface area contributed by atoms with E-state index in [1.807, 2.05) is 13.8 Å². The number of hydrogen-bond donors (Lipinski definition) is 3. The molecule has 0 heterocycles. The van der Waals surface area contributed by atoms with Crippen molar-refractivity contribution >= 4 is 11.6 Å². The predicted molar refractivity (Wildman–Crippen MR) is 73.2 cm³/mol. The van der Waals surface area contributed by atoms with Crippen molar-refractivity contribution in [3.63, 3.8) is 0 Å². The lowest BCUT2D eigenvalue weighted by Crippen LogP contribution is -2.39. The molecule has 6 heteroatoms. The number of nitrogens with one attached hydrogen (secondary N) is 1. The minimum absolute atomic E-state index is 0.0620. The number of aliphatic hydroxyl groups is 1. The van der Waals surface area contributed by atoms with Gasteiger partial charge in [0.25, 0.3) is 5.91 Å². The summed E-state index contributed by atoms with van der Waals surface area (Å²) >= 11 is 0. The van der Waals surface area contributed by atoms with Gasteiger partial charge in [-0.2, -0.15) is 0 Å². The molecule has 1 rings (SSSR count). The number of benzene rings is 1. The minimum atomic E-state index is -1.12. The molecule has 0 unspecified atom stereocenters. The maximum absolute atomic E-state index is 13.1. The van der Waals surface area contributed by atoms with Crippen LogP contribution in [-0.2, 0) is 0 Å². The molecule has 0 bridgehead atoms. The van der Waals surface area contributed by atoms with Gasteiger partial charge < -0.3 is 16.2 Å². The van der Waals surface area contributed by atoms with Crippen LogP contribution in [0.4, 0.5) is 14.5 Å². The molecule has 1 aromatic rings. The first-order chi connectivity index (χ1) is 9.39. The van der Waals surface area contributed by atoms with Crippen molar-refractivity contribution in [1.29, 1.82) is 0 Å². The SMILES string of the molecule is CCC(CC)(CO)CNC(=O)c1cc(F)c(F)cc1N. The van der Waals surface area contributed by atoms with Gasteiger partial charge in [-0.25, -0.2) is 8.78 Å². The molecular weight excluding hydrogens is 266 g/mol. The van der Waals surface area contributed by atoms with E-state index in [9.17, 15) is 18.7 Å². The van der Waals surface area contributed by atoms with Crippen LogP contribution in [0.15, 0.2) is 12.1 Å². The van der Waals surface area contributed by atoms with Crippen LogP contribution in [-0.4, -0.2) is 24.2 Å². The summed E-state index contributed by atoms with van der Waals surface area (Å²) in [7, 11) is 0. The highest BCUT2D eigenvalue weighted by molar-refractivity contribution is 5.99. The van der Waals surface area contributed by atoms with E-state index in [1.165, 1.54) is 0 Å². The maximum atomic E-state index is 13.1. The van der Waals surface area contributed by atoms with Crippen molar-refractivity contribution in [2.24, 2.45) is 5.41 Å². The fraction of sp³-hybridized carbons (Fsp3) is 0.500. The highest BCUT2D eigenvalue weighted by Gasteiger charge is 2.26. The smallest absolute Gasteiger partial charge is 0.253 e. The molecule has 4 nitrogen and oxygen atoms in total. The topological polar surface area (TPSA) is 75.3 Å². The summed E-state index contributed by atoms with van der Waals surface area (Å²) in [6.07, 6.45) is 1.38. The maximum Gasteiger partial charge on any atom is 0.253 e. The molecule has 1 aromatic carbocycles. The molecular formula is C14H20F2N2O2. The van der Waals surface area contributed by atoms with Crippen LogP contribution in [0.2, 0.25) is 0 Å². The highest BCUT2D eigenvalue weighted by atomic mass is 19.2. The van der Waals surface area contributed by atoms with Gasteiger partial charge in [-0.15, -0.1) is 0 Å². The minimum Gasteiger partial charge on any atom is -0.398 e. The van der Waals surface area contributed by atoms with Gasteiger partial charge in [-0.05, 0) is 18.9 Å². The van der Waals surface area contributed by atoms with Crippen molar-refractivity contribution in [2.75, 3.05) is 18.9 Å². The number of hydrogen-bond acceptors (Lipinski definition) is 3. The molecule has 20 heavy (non-hydrogen) atoms. The van der Waals surface area contributed by atoms with Gasteiger partial charge in [0.1, 0.15) is 0 Å². The van der Waals surface area contributed by atoms with Crippen LogP contribution >= 0.6 is 0 Å². The van der Waals surface area contributed by atoms with Gasteiger partial charge in [-0.1, -0.05) is 13.8 Å². The van der Waals surface area contributed by atoms with Crippen molar-refractivity contribution < 1.29 is 18.7 Å². The Bertz CT molecular complexity index is 480. The molecule has 0 spiro atoms. The Morgan fingerprint density at radius 2 is 1.85 bits per heavy atom. The Hall–Kier alpha value is -1.69. The number of carbonyl (C=O) groups is 1. The fourth-order valence-corrected chi connectivity index (χ4v) is 1.90. The molecule has 0 aliphatic rings. The molecule has 4 N–H and O–H groups in total. The van der Waals surface area contributed by atoms with Crippen LogP contribution in [0.25, 0.3) is 0 Å². The molecule has 0 saturated carbocycles. The first kappa shape index (κ1) is 16.4. The summed E-state index contributed by atoms with van der Waals surface area (Å²) in [6, 6.07) is 1.56. The third kappa shape index (κ3) is 3.45. The van der Waals surface area contributed by atoms with E-state index in [0.717, 1.165) is 12.1 Å². The summed E-state index contributed by atoms with van der Waals surface area (Å²) < 4.78 is 26.1. The van der Waals surface area contributed by atoms with E-state index in [1.54, 1.807) is 0 Å². The molecule has 112 valence electrons. The monoisotopic (exact) mass is 286 g/mol. The zero-order valence-corrected chi connectivity index (χ0v) is 11.7. The number of nitrogen functional groups attached to an aromatic ring is 1. The largest absolute Gasteiger partial charge is 0.398 e. The molecule has 0 aliphatic carbocycles. The van der Waals surface area contributed by atoms with Crippen molar-refractivity contribution in [2.45, 2.75) is 26.7 Å². The van der Waals surface area contributed by atoms with Gasteiger partial charge in [0.05, 0.1) is 12.2 Å². The van der Waals surface area contributed by atoms with Gasteiger partial charge in [0.15, 0.2) is 11.6 Å². The molecule has 1 amide bonds. The Kier molecular flexibility index (Phi) is 5.44. The van der Waals surface area contributed by atoms with Crippen LogP contribution in [0.1, 0.15) is 37.0 Å². The Morgan fingerprint density at radius 1 is 1.30 bits per heavy atom. The summed E-state index contributed by atoms with van der Waals surface area (Å²) in [4.78, 5) is 12.0. The number of nitrogens with two attached hydrogens (primary N) is 1. The second-order valence-electron chi connectivity index (χ2n) is 4.90. The predicted octanol–water partition coefficient (Wildman–Crippen LogP) is 2.08. The Balaban J connectivity index is 2.85. The normalized spacial score (nSPS) is 11.4. The lowest BCUT2D eigenvalue weighted by Gasteiger charge is -2.29. The van der Waals surface area contributed by atoms with Crippen LogP contribution in [0.5, 0.6) is 0 Å². The average molecular weight is 286 g/mol. The summed E-state index contributed by atoms with van der Waals surface area (Å²) in [5.74, 6) is -2.80. The van der Waals surface area contributed by atoms with E-state index in [4.69, 9.17) is 5.73 Å². The molecule has 0 aromatic heterocycles. The highest BCUT2D eigenvalue weighted by Crippen LogP contribution is 2.25. The summed E-state index contributed by atoms with van der Waals surface area (Å²) in [5, 5.41) is 12.0. The Morgan fingerprint density at radius 3 is 2.35 bits per heavy atom. The lowest BCUT2D eigenvalue weighted by molar-refractivity contribution is 0.0851. The van der Waals surface area contributed by atoms with E-state index >= 15 is 0 Å². The Labute approximate surface area is 117 Å². The van der Waals surface area contributed by atoms with Crippen LogP contribution < -0.4 is 11.1 Å². The fourth-order valence-electron chi connectivity index (χ4n) is 1.90. The molecule has 0 atom stereocenters. The van der Waals surface area contributed by atoms with Gasteiger partial charge >= 0.3 is 0 Å². The zero-order valence-electron chi connectivity index (χ0n) is 11.7. The number of rotatable bonds is 6. The summed E-state index contributed by atoms with van der Waals surface area (Å²) in [6.45, 7) is 4.01.